The third-order valence-electron chi connectivity index (χ3n) is 10.1. The second kappa shape index (κ2) is 12.4. The lowest BCUT2D eigenvalue weighted by Crippen LogP contribution is -2.12. The van der Waals surface area contributed by atoms with Gasteiger partial charge in [-0.1, -0.05) is 133 Å². The molecule has 0 aliphatic rings. The molecule has 2 heterocycles. The Morgan fingerprint density at radius 2 is 1.10 bits per heavy atom. The van der Waals surface area contributed by atoms with Gasteiger partial charge in [0, 0.05) is 39.8 Å². The van der Waals surface area contributed by atoms with Gasteiger partial charge in [0.2, 0.25) is 0 Å². The summed E-state index contributed by atoms with van der Waals surface area (Å²) in [5, 5.41) is 6.74. The predicted molar refractivity (Wildman–Crippen MR) is 218 cm³/mol. The first kappa shape index (κ1) is 29.9. The number of fused-ring (bicyclic) bond motifs is 5. The highest BCUT2D eigenvalue weighted by molar-refractivity contribution is 6.14. The van der Waals surface area contributed by atoms with Crippen molar-refractivity contribution in [1.82, 2.24) is 4.98 Å². The first-order chi connectivity index (χ1) is 25.8. The number of furan rings is 1. The van der Waals surface area contributed by atoms with E-state index in [0.29, 0.717) is 0 Å². The second-order valence-electron chi connectivity index (χ2n) is 13.2. The fraction of sp³-hybridized carbons (Fsp3) is 0. The average molecular weight is 665 g/mol. The number of hydrogen-bond acceptors (Lipinski definition) is 3. The van der Waals surface area contributed by atoms with Crippen molar-refractivity contribution in [3.05, 3.63) is 194 Å². The Morgan fingerprint density at radius 1 is 0.404 bits per heavy atom. The molecule has 2 aromatic heterocycles. The van der Waals surface area contributed by atoms with Crippen molar-refractivity contribution in [2.45, 2.75) is 0 Å². The molecule has 52 heavy (non-hydrogen) atoms. The summed E-state index contributed by atoms with van der Waals surface area (Å²) < 4.78 is 6.88. The molecule has 0 aliphatic heterocycles. The number of hydrogen-bond donors (Lipinski definition) is 0. The highest BCUT2D eigenvalue weighted by atomic mass is 16.3. The lowest BCUT2D eigenvalue weighted by Gasteiger charge is -2.29. The average Bonchev–Trinajstić information content (AvgIpc) is 3.59. The van der Waals surface area contributed by atoms with Crippen molar-refractivity contribution in [2.75, 3.05) is 4.90 Å². The van der Waals surface area contributed by atoms with Gasteiger partial charge in [-0.05, 0) is 92.5 Å². The van der Waals surface area contributed by atoms with E-state index in [0.717, 1.165) is 66.5 Å². The van der Waals surface area contributed by atoms with Gasteiger partial charge in [0.05, 0.1) is 11.4 Å². The Bertz CT molecular complexity index is 2910. The SMILES string of the molecule is c1ccc(-c2cccc(N(c3ccc(-c4ccccc4)cc3-c3cccc4ccccc34)c3cccc4c3oc3cc5ccncc5cc34)c2)cc1. The van der Waals surface area contributed by atoms with Crippen LogP contribution in [0, 0.1) is 0 Å². The van der Waals surface area contributed by atoms with E-state index in [1.807, 2.05) is 18.5 Å². The lowest BCUT2D eigenvalue weighted by atomic mass is 9.92. The van der Waals surface area contributed by atoms with Crippen LogP contribution in [-0.2, 0) is 0 Å². The number of benzene rings is 8. The van der Waals surface area contributed by atoms with E-state index in [4.69, 9.17) is 4.42 Å². The van der Waals surface area contributed by atoms with Crippen molar-refractivity contribution in [3.8, 4) is 33.4 Å². The Kier molecular flexibility index (Phi) is 7.14. The van der Waals surface area contributed by atoms with E-state index in [9.17, 15) is 0 Å². The minimum absolute atomic E-state index is 0.835. The molecule has 0 fully saturated rings. The van der Waals surface area contributed by atoms with Crippen LogP contribution >= 0.6 is 0 Å². The Hall–Kier alpha value is -6.97. The zero-order valence-electron chi connectivity index (χ0n) is 28.3. The number of para-hydroxylation sites is 1. The first-order valence-corrected chi connectivity index (χ1v) is 17.6. The normalized spacial score (nSPS) is 11.5. The van der Waals surface area contributed by atoms with Gasteiger partial charge in [0.15, 0.2) is 5.58 Å². The summed E-state index contributed by atoms with van der Waals surface area (Å²) >= 11 is 0. The van der Waals surface area contributed by atoms with Gasteiger partial charge in [0.1, 0.15) is 5.58 Å². The number of pyridine rings is 1. The quantitative estimate of drug-likeness (QED) is 0.177. The molecule has 0 atom stereocenters. The minimum Gasteiger partial charge on any atom is -0.454 e. The van der Waals surface area contributed by atoms with Crippen LogP contribution in [0.2, 0.25) is 0 Å². The standard InChI is InChI=1S/C49H32N2O/c1-3-12-33(13-4-1)36-18-9-19-40(28-36)51(47-23-11-22-43-45-30-39-32-50-27-26-38(39)31-48(45)52-49(43)47)46-25-24-37(34-14-5-2-6-15-34)29-44(46)42-21-10-17-35-16-7-8-20-41(35)42/h1-32H. The zero-order valence-corrected chi connectivity index (χ0v) is 28.3. The first-order valence-electron chi connectivity index (χ1n) is 17.6. The van der Waals surface area contributed by atoms with E-state index in [1.165, 1.54) is 27.5 Å². The molecule has 10 rings (SSSR count). The monoisotopic (exact) mass is 664 g/mol. The summed E-state index contributed by atoms with van der Waals surface area (Å²) in [6.07, 6.45) is 3.75. The second-order valence-corrected chi connectivity index (χ2v) is 13.2. The maximum atomic E-state index is 6.88. The number of anilines is 3. The van der Waals surface area contributed by atoms with E-state index in [-0.39, 0.29) is 0 Å². The number of aromatic nitrogens is 1. The maximum absolute atomic E-state index is 6.88. The van der Waals surface area contributed by atoms with Crippen LogP contribution in [0.1, 0.15) is 0 Å². The lowest BCUT2D eigenvalue weighted by molar-refractivity contribution is 0.669. The van der Waals surface area contributed by atoms with Crippen LogP contribution in [0.3, 0.4) is 0 Å². The van der Waals surface area contributed by atoms with Crippen LogP contribution in [0.5, 0.6) is 0 Å². The van der Waals surface area contributed by atoms with Gasteiger partial charge in [-0.15, -0.1) is 0 Å². The number of rotatable bonds is 6. The molecule has 0 amide bonds. The van der Waals surface area contributed by atoms with Gasteiger partial charge >= 0.3 is 0 Å². The van der Waals surface area contributed by atoms with Crippen molar-refractivity contribution < 1.29 is 4.42 Å². The Labute approximate surface area is 301 Å². The van der Waals surface area contributed by atoms with Gasteiger partial charge in [-0.25, -0.2) is 0 Å². The minimum atomic E-state index is 0.835. The molecule has 0 saturated carbocycles. The summed E-state index contributed by atoms with van der Waals surface area (Å²) in [6.45, 7) is 0. The van der Waals surface area contributed by atoms with Gasteiger partial charge in [-0.2, -0.15) is 0 Å². The van der Waals surface area contributed by atoms with Crippen molar-refractivity contribution in [2.24, 2.45) is 0 Å². The smallest absolute Gasteiger partial charge is 0.159 e. The molecule has 0 radical (unpaired) electrons. The number of nitrogens with zero attached hydrogens (tertiary/aromatic N) is 2. The Morgan fingerprint density at radius 3 is 1.94 bits per heavy atom. The molecule has 244 valence electrons. The molecule has 0 bridgehead atoms. The molecule has 0 spiro atoms. The molecule has 10 aromatic rings. The highest BCUT2D eigenvalue weighted by Gasteiger charge is 2.24. The molecular formula is C49H32N2O. The third kappa shape index (κ3) is 5.10. The summed E-state index contributed by atoms with van der Waals surface area (Å²) in [4.78, 5) is 6.77. The highest BCUT2D eigenvalue weighted by Crippen LogP contribution is 2.48. The van der Waals surface area contributed by atoms with Gasteiger partial charge in [-0.3, -0.25) is 4.98 Å². The molecule has 8 aromatic carbocycles. The Balaban J connectivity index is 1.29. The topological polar surface area (TPSA) is 29.3 Å². The molecule has 0 saturated heterocycles. The molecule has 0 unspecified atom stereocenters. The van der Waals surface area contributed by atoms with Crippen LogP contribution in [0.4, 0.5) is 17.1 Å². The van der Waals surface area contributed by atoms with E-state index < -0.39 is 0 Å². The predicted octanol–water partition coefficient (Wildman–Crippen LogP) is 13.8. The largest absolute Gasteiger partial charge is 0.454 e. The van der Waals surface area contributed by atoms with E-state index >= 15 is 0 Å². The van der Waals surface area contributed by atoms with E-state index in [1.54, 1.807) is 0 Å². The summed E-state index contributed by atoms with van der Waals surface area (Å²) in [5.41, 5.74) is 11.7. The summed E-state index contributed by atoms with van der Waals surface area (Å²) in [7, 11) is 0. The molecule has 0 aliphatic carbocycles. The van der Waals surface area contributed by atoms with Crippen LogP contribution in [0.15, 0.2) is 199 Å². The molecule has 3 nitrogen and oxygen atoms in total. The fourth-order valence-electron chi connectivity index (χ4n) is 7.62. The molecule has 3 heteroatoms. The van der Waals surface area contributed by atoms with Crippen LogP contribution in [-0.4, -0.2) is 4.98 Å². The summed E-state index contributed by atoms with van der Waals surface area (Å²) in [5.74, 6) is 0. The van der Waals surface area contributed by atoms with Crippen molar-refractivity contribution in [3.63, 3.8) is 0 Å². The van der Waals surface area contributed by atoms with Gasteiger partial charge < -0.3 is 9.32 Å². The van der Waals surface area contributed by atoms with Crippen LogP contribution in [0.25, 0.3) is 76.9 Å². The fourth-order valence-corrected chi connectivity index (χ4v) is 7.62. The molecule has 0 N–H and O–H groups in total. The van der Waals surface area contributed by atoms with Crippen LogP contribution < -0.4 is 4.90 Å². The molecular weight excluding hydrogens is 633 g/mol. The summed E-state index contributed by atoms with van der Waals surface area (Å²) in [6, 6.07) is 65.0. The third-order valence-corrected chi connectivity index (χ3v) is 10.1. The zero-order chi connectivity index (χ0) is 34.4. The maximum Gasteiger partial charge on any atom is 0.159 e. The van der Waals surface area contributed by atoms with E-state index in [2.05, 4.69) is 186 Å². The van der Waals surface area contributed by atoms with Crippen molar-refractivity contribution >= 4 is 60.5 Å². The van der Waals surface area contributed by atoms with Crippen molar-refractivity contribution in [1.29, 1.82) is 0 Å². The van der Waals surface area contributed by atoms with Gasteiger partial charge in [0.25, 0.3) is 0 Å².